The van der Waals surface area contributed by atoms with E-state index in [1.54, 1.807) is 43.3 Å². The van der Waals surface area contributed by atoms with Gasteiger partial charge in [0.25, 0.3) is 5.91 Å². The van der Waals surface area contributed by atoms with Crippen molar-refractivity contribution in [3.8, 4) is 0 Å². The summed E-state index contributed by atoms with van der Waals surface area (Å²) in [6.07, 6.45) is 1.42. The maximum Gasteiger partial charge on any atom is 0.291 e. The molecule has 1 aromatic carbocycles. The molecule has 0 aliphatic rings. The minimum atomic E-state index is -0.628. The molecule has 1 atom stereocenters. The van der Waals surface area contributed by atoms with Gasteiger partial charge in [0.2, 0.25) is 5.91 Å². The van der Waals surface area contributed by atoms with Gasteiger partial charge in [-0.3, -0.25) is 9.59 Å². The molecule has 0 bridgehead atoms. The molecule has 0 saturated carbocycles. The Labute approximate surface area is 120 Å². The summed E-state index contributed by atoms with van der Waals surface area (Å²) in [4.78, 5) is 23.3. The second-order valence-corrected chi connectivity index (χ2v) is 4.77. The zero-order valence-corrected chi connectivity index (χ0v) is 11.5. The lowest BCUT2D eigenvalue weighted by molar-refractivity contribution is -0.115. The lowest BCUT2D eigenvalue weighted by atomic mass is 10.2. The molecule has 2 rings (SSSR count). The van der Waals surface area contributed by atoms with Gasteiger partial charge in [-0.1, -0.05) is 6.07 Å². The molecular formula is C14H13ClN2O3. The average molecular weight is 293 g/mol. The van der Waals surface area contributed by atoms with E-state index in [9.17, 15) is 9.59 Å². The van der Waals surface area contributed by atoms with E-state index >= 15 is 0 Å². The van der Waals surface area contributed by atoms with Crippen LogP contribution in [0.3, 0.4) is 0 Å². The second kappa shape index (κ2) is 6.25. The monoisotopic (exact) mass is 292 g/mol. The molecule has 2 amide bonds. The highest BCUT2D eigenvalue weighted by molar-refractivity contribution is 6.32. The van der Waals surface area contributed by atoms with Crippen LogP contribution >= 0.6 is 11.6 Å². The number of benzene rings is 1. The SMILES string of the molecule is CC(Cl)C(=O)Nc1cccc(NC(=O)c2ccco2)c1. The van der Waals surface area contributed by atoms with Crippen molar-refractivity contribution in [3.63, 3.8) is 0 Å². The van der Waals surface area contributed by atoms with Crippen molar-refractivity contribution in [1.29, 1.82) is 0 Å². The summed E-state index contributed by atoms with van der Waals surface area (Å²) in [7, 11) is 0. The highest BCUT2D eigenvalue weighted by Gasteiger charge is 2.11. The first-order chi connectivity index (χ1) is 9.56. The fourth-order valence-electron chi connectivity index (χ4n) is 1.52. The Morgan fingerprint density at radius 2 is 1.85 bits per heavy atom. The number of amides is 2. The number of nitrogens with one attached hydrogen (secondary N) is 2. The van der Waals surface area contributed by atoms with E-state index in [1.807, 2.05) is 0 Å². The summed E-state index contributed by atoms with van der Waals surface area (Å²) in [5, 5.41) is 4.69. The normalized spacial score (nSPS) is 11.7. The molecule has 0 aliphatic carbocycles. The maximum absolute atomic E-state index is 11.8. The molecule has 0 fully saturated rings. The fraction of sp³-hybridized carbons (Fsp3) is 0.143. The quantitative estimate of drug-likeness (QED) is 0.851. The predicted molar refractivity (Wildman–Crippen MR) is 77.0 cm³/mol. The molecule has 6 heteroatoms. The number of carbonyl (C=O) groups excluding carboxylic acids is 2. The van der Waals surface area contributed by atoms with Crippen LogP contribution in [0.4, 0.5) is 11.4 Å². The molecule has 0 spiro atoms. The van der Waals surface area contributed by atoms with Gasteiger partial charge >= 0.3 is 0 Å². The minimum Gasteiger partial charge on any atom is -0.459 e. The molecule has 1 heterocycles. The first-order valence-corrected chi connectivity index (χ1v) is 6.40. The van der Waals surface area contributed by atoms with Gasteiger partial charge in [0.05, 0.1) is 6.26 Å². The number of furan rings is 1. The number of carbonyl (C=O) groups is 2. The van der Waals surface area contributed by atoms with Gasteiger partial charge in [0.1, 0.15) is 5.38 Å². The van der Waals surface area contributed by atoms with E-state index in [0.717, 1.165) is 0 Å². The van der Waals surface area contributed by atoms with Crippen molar-refractivity contribution < 1.29 is 14.0 Å². The third kappa shape index (κ3) is 3.61. The number of hydrogen-bond donors (Lipinski definition) is 2. The summed E-state index contributed by atoms with van der Waals surface area (Å²) in [5.41, 5.74) is 1.10. The van der Waals surface area contributed by atoms with Gasteiger partial charge in [-0.15, -0.1) is 11.6 Å². The number of halogens is 1. The number of alkyl halides is 1. The van der Waals surface area contributed by atoms with Gasteiger partial charge in [0.15, 0.2) is 5.76 Å². The van der Waals surface area contributed by atoms with E-state index in [4.69, 9.17) is 16.0 Å². The topological polar surface area (TPSA) is 71.3 Å². The third-order valence-electron chi connectivity index (χ3n) is 2.49. The number of rotatable bonds is 4. The van der Waals surface area contributed by atoms with E-state index in [-0.39, 0.29) is 17.6 Å². The van der Waals surface area contributed by atoms with Gasteiger partial charge in [-0.2, -0.15) is 0 Å². The smallest absolute Gasteiger partial charge is 0.291 e. The molecule has 1 unspecified atom stereocenters. The Balaban J connectivity index is 2.06. The highest BCUT2D eigenvalue weighted by Crippen LogP contribution is 2.17. The molecule has 0 radical (unpaired) electrons. The van der Waals surface area contributed by atoms with Crippen LogP contribution < -0.4 is 10.6 Å². The molecule has 20 heavy (non-hydrogen) atoms. The Kier molecular flexibility index (Phi) is 4.42. The molecule has 104 valence electrons. The molecule has 0 aliphatic heterocycles. The van der Waals surface area contributed by atoms with Crippen molar-refractivity contribution >= 4 is 34.8 Å². The van der Waals surface area contributed by atoms with Crippen LogP contribution in [0.2, 0.25) is 0 Å². The van der Waals surface area contributed by atoms with Crippen molar-refractivity contribution in [1.82, 2.24) is 0 Å². The summed E-state index contributed by atoms with van der Waals surface area (Å²) in [6, 6.07) is 9.97. The predicted octanol–water partition coefficient (Wildman–Crippen LogP) is 3.10. The molecule has 2 aromatic rings. The van der Waals surface area contributed by atoms with Crippen LogP contribution in [-0.4, -0.2) is 17.2 Å². The lowest BCUT2D eigenvalue weighted by Gasteiger charge is -2.09. The van der Waals surface area contributed by atoms with Crippen LogP contribution in [0.15, 0.2) is 47.1 Å². The molecule has 0 saturated heterocycles. The standard InChI is InChI=1S/C14H13ClN2O3/c1-9(15)13(18)16-10-4-2-5-11(8-10)17-14(19)12-6-3-7-20-12/h2-9H,1H3,(H,16,18)(H,17,19). The van der Waals surface area contributed by atoms with Gasteiger partial charge < -0.3 is 15.1 Å². The summed E-state index contributed by atoms with van der Waals surface area (Å²) >= 11 is 5.68. The van der Waals surface area contributed by atoms with Crippen molar-refractivity contribution in [2.45, 2.75) is 12.3 Å². The van der Waals surface area contributed by atoms with Crippen molar-refractivity contribution in [2.75, 3.05) is 10.6 Å². The van der Waals surface area contributed by atoms with Crippen LogP contribution in [0.5, 0.6) is 0 Å². The van der Waals surface area contributed by atoms with E-state index in [1.165, 1.54) is 6.26 Å². The molecule has 1 aromatic heterocycles. The summed E-state index contributed by atoms with van der Waals surface area (Å²) < 4.78 is 4.99. The average Bonchev–Trinajstić information content (AvgIpc) is 2.92. The van der Waals surface area contributed by atoms with Crippen molar-refractivity contribution in [3.05, 3.63) is 48.4 Å². The van der Waals surface area contributed by atoms with E-state index in [0.29, 0.717) is 11.4 Å². The second-order valence-electron chi connectivity index (χ2n) is 4.12. The number of anilines is 2. The van der Waals surface area contributed by atoms with Gasteiger partial charge in [-0.25, -0.2) is 0 Å². The largest absolute Gasteiger partial charge is 0.459 e. The first-order valence-electron chi connectivity index (χ1n) is 5.96. The Morgan fingerprint density at radius 3 is 2.45 bits per heavy atom. The lowest BCUT2D eigenvalue weighted by Crippen LogP contribution is -2.20. The highest BCUT2D eigenvalue weighted by atomic mass is 35.5. The van der Waals surface area contributed by atoms with Crippen LogP contribution in [0.1, 0.15) is 17.5 Å². The van der Waals surface area contributed by atoms with Gasteiger partial charge in [-0.05, 0) is 37.3 Å². The molecule has 5 nitrogen and oxygen atoms in total. The van der Waals surface area contributed by atoms with Crippen LogP contribution in [0.25, 0.3) is 0 Å². The Morgan fingerprint density at radius 1 is 1.15 bits per heavy atom. The molecule has 2 N–H and O–H groups in total. The fourth-order valence-corrected chi connectivity index (χ4v) is 1.57. The van der Waals surface area contributed by atoms with Gasteiger partial charge in [0, 0.05) is 11.4 Å². The number of hydrogen-bond acceptors (Lipinski definition) is 3. The van der Waals surface area contributed by atoms with E-state index in [2.05, 4.69) is 10.6 Å². The third-order valence-corrected chi connectivity index (χ3v) is 2.69. The zero-order chi connectivity index (χ0) is 14.5. The first kappa shape index (κ1) is 14.1. The van der Waals surface area contributed by atoms with E-state index < -0.39 is 5.38 Å². The van der Waals surface area contributed by atoms with Crippen LogP contribution in [0, 0.1) is 0 Å². The Bertz CT molecular complexity index is 609. The summed E-state index contributed by atoms with van der Waals surface area (Å²) in [5.74, 6) is -0.445. The van der Waals surface area contributed by atoms with Crippen LogP contribution in [-0.2, 0) is 4.79 Å². The Hall–Kier alpha value is -2.27. The summed E-state index contributed by atoms with van der Waals surface area (Å²) in [6.45, 7) is 1.58. The zero-order valence-electron chi connectivity index (χ0n) is 10.7. The maximum atomic E-state index is 11.8. The molecular weight excluding hydrogens is 280 g/mol. The van der Waals surface area contributed by atoms with Crippen molar-refractivity contribution in [2.24, 2.45) is 0 Å². The minimum absolute atomic E-state index is 0.216.